The summed E-state index contributed by atoms with van der Waals surface area (Å²) in [6, 6.07) is 5.39. The average Bonchev–Trinajstić information content (AvgIpc) is 2.95. The van der Waals surface area contributed by atoms with Crippen LogP contribution in [0.15, 0.2) is 28.9 Å². The van der Waals surface area contributed by atoms with Crippen molar-refractivity contribution < 1.29 is 14.2 Å². The van der Waals surface area contributed by atoms with Gasteiger partial charge in [0.15, 0.2) is 11.5 Å². The summed E-state index contributed by atoms with van der Waals surface area (Å²) in [6.07, 6.45) is 2.66. The normalized spacial score (nSPS) is 12.3. The van der Waals surface area contributed by atoms with Crippen molar-refractivity contribution in [3.8, 4) is 23.1 Å². The number of nitrogens with one attached hydrogen (secondary N) is 1. The number of ether oxygens (including phenoxy) is 3. The van der Waals surface area contributed by atoms with Gasteiger partial charge in [-0.3, -0.25) is 0 Å². The van der Waals surface area contributed by atoms with Crippen molar-refractivity contribution in [2.75, 3.05) is 18.7 Å². The minimum Gasteiger partial charge on any atom is -0.454 e. The molecule has 1 aliphatic heterocycles. The van der Waals surface area contributed by atoms with Gasteiger partial charge in [0.25, 0.3) is 0 Å². The molecule has 0 aliphatic carbocycles. The first-order chi connectivity index (χ1) is 10.3. The molecule has 0 fully saturated rings. The van der Waals surface area contributed by atoms with E-state index in [1.807, 2.05) is 6.07 Å². The van der Waals surface area contributed by atoms with Crippen molar-refractivity contribution in [2.45, 2.75) is 13.3 Å². The van der Waals surface area contributed by atoms with Crippen LogP contribution in [0.5, 0.6) is 23.1 Å². The SMILES string of the molecule is CCCNc1ncc(Br)c(Oc2ccc3c(c2)OCO3)n1. The van der Waals surface area contributed by atoms with E-state index >= 15 is 0 Å². The van der Waals surface area contributed by atoms with Crippen LogP contribution >= 0.6 is 15.9 Å². The zero-order valence-electron chi connectivity index (χ0n) is 11.4. The molecule has 0 atom stereocenters. The molecule has 110 valence electrons. The first-order valence-corrected chi connectivity index (χ1v) is 7.39. The largest absolute Gasteiger partial charge is 0.454 e. The molecule has 1 aromatic heterocycles. The van der Waals surface area contributed by atoms with E-state index in [-0.39, 0.29) is 6.79 Å². The lowest BCUT2D eigenvalue weighted by Gasteiger charge is -2.09. The standard InChI is InChI=1S/C14H14BrN3O3/c1-2-5-16-14-17-7-10(15)13(18-14)21-9-3-4-11-12(6-9)20-8-19-11/h3-4,6-7H,2,5,8H2,1H3,(H,16,17,18). The van der Waals surface area contributed by atoms with Crippen LogP contribution < -0.4 is 19.5 Å². The van der Waals surface area contributed by atoms with Crippen LogP contribution in [-0.4, -0.2) is 23.3 Å². The number of rotatable bonds is 5. The summed E-state index contributed by atoms with van der Waals surface area (Å²) in [7, 11) is 0. The van der Waals surface area contributed by atoms with E-state index < -0.39 is 0 Å². The Morgan fingerprint density at radius 2 is 2.19 bits per heavy atom. The monoisotopic (exact) mass is 351 g/mol. The molecule has 2 heterocycles. The summed E-state index contributed by atoms with van der Waals surface area (Å²) >= 11 is 3.38. The van der Waals surface area contributed by atoms with Gasteiger partial charge in [-0.15, -0.1) is 0 Å². The Kier molecular flexibility index (Phi) is 4.10. The second-order valence-electron chi connectivity index (χ2n) is 4.39. The van der Waals surface area contributed by atoms with E-state index in [0.717, 1.165) is 18.7 Å². The van der Waals surface area contributed by atoms with Crippen LogP contribution in [0.2, 0.25) is 0 Å². The van der Waals surface area contributed by atoms with Crippen LogP contribution in [0, 0.1) is 0 Å². The van der Waals surface area contributed by atoms with E-state index in [0.29, 0.717) is 27.8 Å². The van der Waals surface area contributed by atoms with Crippen LogP contribution in [0.4, 0.5) is 5.95 Å². The first kappa shape index (κ1) is 13.9. The molecule has 0 radical (unpaired) electrons. The Balaban J connectivity index is 1.80. The summed E-state index contributed by atoms with van der Waals surface area (Å²) in [5.41, 5.74) is 0. The van der Waals surface area contributed by atoms with E-state index in [2.05, 4.69) is 38.1 Å². The molecular weight excluding hydrogens is 338 g/mol. The fraction of sp³-hybridized carbons (Fsp3) is 0.286. The van der Waals surface area contributed by atoms with Crippen molar-refractivity contribution in [3.63, 3.8) is 0 Å². The Hall–Kier alpha value is -2.02. The lowest BCUT2D eigenvalue weighted by atomic mass is 10.3. The third-order valence-corrected chi connectivity index (χ3v) is 3.35. The van der Waals surface area contributed by atoms with Gasteiger partial charge in [-0.05, 0) is 34.5 Å². The number of fused-ring (bicyclic) bond motifs is 1. The van der Waals surface area contributed by atoms with E-state index in [4.69, 9.17) is 14.2 Å². The third kappa shape index (κ3) is 3.18. The van der Waals surface area contributed by atoms with Gasteiger partial charge in [0.2, 0.25) is 18.6 Å². The highest BCUT2D eigenvalue weighted by Crippen LogP contribution is 2.37. The van der Waals surface area contributed by atoms with Crippen molar-refractivity contribution in [1.29, 1.82) is 0 Å². The third-order valence-electron chi connectivity index (χ3n) is 2.80. The highest BCUT2D eigenvalue weighted by molar-refractivity contribution is 9.10. The molecule has 21 heavy (non-hydrogen) atoms. The Bertz CT molecular complexity index is 651. The number of halogens is 1. The topological polar surface area (TPSA) is 65.5 Å². The van der Waals surface area contributed by atoms with Crippen molar-refractivity contribution in [3.05, 3.63) is 28.9 Å². The quantitative estimate of drug-likeness (QED) is 0.887. The Morgan fingerprint density at radius 1 is 1.33 bits per heavy atom. The molecule has 0 unspecified atom stereocenters. The van der Waals surface area contributed by atoms with Gasteiger partial charge < -0.3 is 19.5 Å². The van der Waals surface area contributed by atoms with Crippen molar-refractivity contribution in [2.24, 2.45) is 0 Å². The summed E-state index contributed by atoms with van der Waals surface area (Å²) < 4.78 is 17.1. The molecule has 0 saturated heterocycles. The maximum absolute atomic E-state index is 5.78. The molecule has 3 rings (SSSR count). The number of hydrogen-bond acceptors (Lipinski definition) is 6. The summed E-state index contributed by atoms with van der Waals surface area (Å²) in [6.45, 7) is 3.13. The molecule has 1 aromatic carbocycles. The zero-order valence-corrected chi connectivity index (χ0v) is 13.0. The summed E-state index contributed by atoms with van der Waals surface area (Å²) in [5.74, 6) is 3.00. The van der Waals surface area contributed by atoms with Gasteiger partial charge in [0, 0.05) is 12.6 Å². The molecule has 0 saturated carbocycles. The number of benzene rings is 1. The molecule has 1 aliphatic rings. The minimum absolute atomic E-state index is 0.237. The van der Waals surface area contributed by atoms with Gasteiger partial charge in [-0.2, -0.15) is 4.98 Å². The fourth-order valence-corrected chi connectivity index (χ4v) is 2.07. The molecule has 0 bridgehead atoms. The van der Waals surface area contributed by atoms with Crippen molar-refractivity contribution >= 4 is 21.9 Å². The lowest BCUT2D eigenvalue weighted by Crippen LogP contribution is -2.04. The summed E-state index contributed by atoms with van der Waals surface area (Å²) in [5, 5.41) is 3.12. The maximum atomic E-state index is 5.78. The first-order valence-electron chi connectivity index (χ1n) is 6.60. The highest BCUT2D eigenvalue weighted by Gasteiger charge is 2.15. The Morgan fingerprint density at radius 3 is 3.05 bits per heavy atom. The summed E-state index contributed by atoms with van der Waals surface area (Å²) in [4.78, 5) is 8.52. The molecule has 0 amide bonds. The van der Waals surface area contributed by atoms with Gasteiger partial charge in [-0.1, -0.05) is 6.92 Å². The number of hydrogen-bond donors (Lipinski definition) is 1. The van der Waals surface area contributed by atoms with Crippen LogP contribution in [0.1, 0.15) is 13.3 Å². The fourth-order valence-electron chi connectivity index (χ4n) is 1.80. The van der Waals surface area contributed by atoms with E-state index in [9.17, 15) is 0 Å². The lowest BCUT2D eigenvalue weighted by molar-refractivity contribution is 0.174. The van der Waals surface area contributed by atoms with Gasteiger partial charge >= 0.3 is 0 Å². The number of anilines is 1. The molecule has 1 N–H and O–H groups in total. The maximum Gasteiger partial charge on any atom is 0.238 e. The highest BCUT2D eigenvalue weighted by atomic mass is 79.9. The van der Waals surface area contributed by atoms with E-state index in [1.54, 1.807) is 18.3 Å². The van der Waals surface area contributed by atoms with Crippen LogP contribution in [0.25, 0.3) is 0 Å². The zero-order chi connectivity index (χ0) is 14.7. The smallest absolute Gasteiger partial charge is 0.238 e. The number of aromatic nitrogens is 2. The molecule has 0 spiro atoms. The van der Waals surface area contributed by atoms with Crippen LogP contribution in [-0.2, 0) is 0 Å². The predicted molar refractivity (Wildman–Crippen MR) is 81.2 cm³/mol. The molecular formula is C14H14BrN3O3. The van der Waals surface area contributed by atoms with Gasteiger partial charge in [0.1, 0.15) is 5.75 Å². The molecule has 6 nitrogen and oxygen atoms in total. The molecule has 2 aromatic rings. The van der Waals surface area contributed by atoms with Crippen LogP contribution in [0.3, 0.4) is 0 Å². The number of nitrogens with zero attached hydrogens (tertiary/aromatic N) is 2. The second-order valence-corrected chi connectivity index (χ2v) is 5.24. The van der Waals surface area contributed by atoms with Crippen molar-refractivity contribution in [1.82, 2.24) is 9.97 Å². The predicted octanol–water partition coefficient (Wildman–Crippen LogP) is 3.58. The Labute approximate surface area is 130 Å². The molecule has 7 heteroatoms. The van der Waals surface area contributed by atoms with Gasteiger partial charge in [0.05, 0.1) is 10.7 Å². The van der Waals surface area contributed by atoms with E-state index in [1.165, 1.54) is 0 Å². The minimum atomic E-state index is 0.237. The second kappa shape index (κ2) is 6.17. The van der Waals surface area contributed by atoms with Gasteiger partial charge in [-0.25, -0.2) is 4.98 Å². The average molecular weight is 352 g/mol.